The number of rotatable bonds is 7. The van der Waals surface area contributed by atoms with E-state index < -0.39 is 10.8 Å². The molecule has 1 aliphatic rings. The number of fused-ring (bicyclic) bond motifs is 2. The Balaban J connectivity index is 1.49. The summed E-state index contributed by atoms with van der Waals surface area (Å²) in [6.07, 6.45) is 0.996. The van der Waals surface area contributed by atoms with Crippen molar-refractivity contribution in [3.05, 3.63) is 63.8 Å². The average Bonchev–Trinajstić information content (AvgIpc) is 3.20. The van der Waals surface area contributed by atoms with E-state index >= 15 is 0 Å². The van der Waals surface area contributed by atoms with Crippen molar-refractivity contribution in [3.8, 4) is 5.75 Å². The minimum Gasteiger partial charge on any atom is -0.496 e. The van der Waals surface area contributed by atoms with Gasteiger partial charge in [-0.25, -0.2) is 4.21 Å². The van der Waals surface area contributed by atoms with Crippen LogP contribution in [0.4, 0.5) is 11.4 Å². The van der Waals surface area contributed by atoms with Crippen LogP contribution in [-0.4, -0.2) is 24.4 Å². The van der Waals surface area contributed by atoms with E-state index in [-0.39, 0.29) is 0 Å². The van der Waals surface area contributed by atoms with Crippen molar-refractivity contribution >= 4 is 33.5 Å². The number of para-hydroxylation sites is 1. The van der Waals surface area contributed by atoms with Gasteiger partial charge < -0.3 is 15.0 Å². The lowest BCUT2D eigenvalue weighted by Gasteiger charge is -2.34. The summed E-state index contributed by atoms with van der Waals surface area (Å²) in [5, 5.41) is 5.56. The Morgan fingerprint density at radius 3 is 2.76 bits per heavy atom. The molecule has 1 unspecified atom stereocenters. The van der Waals surface area contributed by atoms with Crippen molar-refractivity contribution in [3.63, 3.8) is 0 Å². The van der Waals surface area contributed by atoms with E-state index in [0.717, 1.165) is 53.0 Å². The van der Waals surface area contributed by atoms with Crippen molar-refractivity contribution in [2.75, 3.05) is 25.1 Å². The number of nitrogens with one attached hydrogen (secondary N) is 1. The summed E-state index contributed by atoms with van der Waals surface area (Å²) in [7, 11) is 0.569. The van der Waals surface area contributed by atoms with Crippen molar-refractivity contribution in [2.24, 2.45) is 0 Å². The van der Waals surface area contributed by atoms with Crippen LogP contribution < -0.4 is 15.0 Å². The predicted octanol–water partition coefficient (Wildman–Crippen LogP) is 5.17. The Morgan fingerprint density at radius 1 is 1.14 bits per heavy atom. The Morgan fingerprint density at radius 2 is 1.97 bits per heavy atom. The number of hydrogen-bond acceptors (Lipinski definition) is 5. The normalized spacial score (nSPS) is 15.1. The Labute approximate surface area is 179 Å². The summed E-state index contributed by atoms with van der Waals surface area (Å²) in [5.41, 5.74) is 4.62. The number of thiophene rings is 1. The molecular formula is C23H26N2O2S2. The maximum absolute atomic E-state index is 13.1. The second-order valence-electron chi connectivity index (χ2n) is 7.23. The number of anilines is 2. The molecule has 0 bridgehead atoms. The molecule has 1 atom stereocenters. The van der Waals surface area contributed by atoms with E-state index in [9.17, 15) is 4.21 Å². The first-order chi connectivity index (χ1) is 14.1. The largest absolute Gasteiger partial charge is 0.496 e. The molecule has 4 rings (SSSR count). The van der Waals surface area contributed by atoms with E-state index in [1.807, 2.05) is 29.6 Å². The monoisotopic (exact) mass is 426 g/mol. The number of hydrogen-bond donors (Lipinski definition) is 1. The maximum Gasteiger partial charge on any atom is 0.129 e. The molecule has 1 aliphatic heterocycles. The Hall–Kier alpha value is -2.15. The van der Waals surface area contributed by atoms with Crippen molar-refractivity contribution in [1.82, 2.24) is 5.32 Å². The van der Waals surface area contributed by atoms with Crippen LogP contribution in [0, 0.1) is 13.8 Å². The van der Waals surface area contributed by atoms with Gasteiger partial charge in [-0.15, -0.1) is 11.3 Å². The van der Waals surface area contributed by atoms with E-state index in [1.165, 1.54) is 16.0 Å². The summed E-state index contributed by atoms with van der Waals surface area (Å²) in [6, 6.07) is 14.3. The fraction of sp³-hybridized carbons (Fsp3) is 0.304. The molecule has 0 saturated carbocycles. The van der Waals surface area contributed by atoms with Gasteiger partial charge in [-0.2, -0.15) is 0 Å². The molecule has 152 valence electrons. The molecule has 1 aromatic heterocycles. The highest BCUT2D eigenvalue weighted by Gasteiger charge is 2.29. The molecule has 0 fully saturated rings. The van der Waals surface area contributed by atoms with Crippen LogP contribution in [0.25, 0.3) is 0 Å². The smallest absolute Gasteiger partial charge is 0.129 e. The molecule has 0 saturated heterocycles. The van der Waals surface area contributed by atoms with E-state index in [4.69, 9.17) is 4.74 Å². The maximum atomic E-state index is 13.1. The van der Waals surface area contributed by atoms with Crippen LogP contribution in [0.15, 0.2) is 57.6 Å². The molecule has 0 radical (unpaired) electrons. The van der Waals surface area contributed by atoms with Crippen LogP contribution in [0.2, 0.25) is 0 Å². The van der Waals surface area contributed by atoms with Crippen molar-refractivity contribution in [1.29, 1.82) is 0 Å². The molecule has 6 heteroatoms. The van der Waals surface area contributed by atoms with Crippen LogP contribution in [0.3, 0.4) is 0 Å². The molecule has 2 aromatic carbocycles. The summed E-state index contributed by atoms with van der Waals surface area (Å²) < 4.78 is 18.4. The minimum atomic E-state index is -1.13. The number of methoxy groups -OCH3 is 1. The van der Waals surface area contributed by atoms with Crippen molar-refractivity contribution < 1.29 is 8.95 Å². The minimum absolute atomic E-state index is 0.851. The van der Waals surface area contributed by atoms with Gasteiger partial charge >= 0.3 is 0 Å². The quantitative estimate of drug-likeness (QED) is 0.529. The summed E-state index contributed by atoms with van der Waals surface area (Å²) in [5.74, 6) is 0.923. The highest BCUT2D eigenvalue weighted by atomic mass is 32.2. The predicted molar refractivity (Wildman–Crippen MR) is 121 cm³/mol. The third kappa shape index (κ3) is 3.97. The summed E-state index contributed by atoms with van der Waals surface area (Å²) >= 11 is 1.71. The van der Waals surface area contributed by atoms with E-state index in [1.54, 1.807) is 18.4 Å². The first-order valence-electron chi connectivity index (χ1n) is 9.81. The fourth-order valence-corrected chi connectivity index (χ4v) is 5.94. The van der Waals surface area contributed by atoms with Crippen LogP contribution >= 0.6 is 11.3 Å². The van der Waals surface area contributed by atoms with Gasteiger partial charge in [-0.05, 0) is 62.2 Å². The second-order valence-corrected chi connectivity index (χ2v) is 9.64. The Kier molecular flexibility index (Phi) is 6.04. The number of nitrogens with zero attached hydrogens (tertiary/aromatic N) is 1. The zero-order valence-corrected chi connectivity index (χ0v) is 18.7. The van der Waals surface area contributed by atoms with Crippen LogP contribution in [-0.2, 0) is 17.3 Å². The van der Waals surface area contributed by atoms with Crippen LogP contribution in [0.1, 0.15) is 22.4 Å². The third-order valence-corrected chi connectivity index (χ3v) is 7.78. The van der Waals surface area contributed by atoms with E-state index in [2.05, 4.69) is 42.3 Å². The molecule has 0 amide bonds. The second kappa shape index (κ2) is 8.69. The Bertz CT molecular complexity index is 1050. The standard InChI is InChI=1S/C23H26N2O2S2/c1-16-9-10-22-23(17(16)2)25(20-7-4-5-8-21(20)29(22)26)12-6-11-24-14-19-13-18(27-3)15-28-19/h4-5,7-10,13,15,24H,6,11-12,14H2,1-3H3. The molecule has 4 nitrogen and oxygen atoms in total. The molecule has 1 N–H and O–H groups in total. The SMILES string of the molecule is COc1csc(CNCCCN2c3ccccc3S(=O)c3ccc(C)c(C)c32)c1. The van der Waals surface area contributed by atoms with Crippen molar-refractivity contribution in [2.45, 2.75) is 36.6 Å². The summed E-state index contributed by atoms with van der Waals surface area (Å²) in [6.45, 7) is 6.90. The lowest BCUT2D eigenvalue weighted by Crippen LogP contribution is -2.28. The molecular weight excluding hydrogens is 400 g/mol. The number of aryl methyl sites for hydroxylation is 1. The molecule has 3 aromatic rings. The van der Waals surface area contributed by atoms with E-state index in [0.29, 0.717) is 0 Å². The first-order valence-corrected chi connectivity index (χ1v) is 11.8. The van der Waals surface area contributed by atoms with Gasteiger partial charge in [0.1, 0.15) is 5.75 Å². The zero-order chi connectivity index (χ0) is 20.4. The van der Waals surface area contributed by atoms with Gasteiger partial charge in [0.15, 0.2) is 0 Å². The first kappa shape index (κ1) is 20.1. The lowest BCUT2D eigenvalue weighted by atomic mass is 10.1. The molecule has 29 heavy (non-hydrogen) atoms. The third-order valence-electron chi connectivity index (χ3n) is 5.39. The van der Waals surface area contributed by atoms with Gasteiger partial charge in [0.05, 0.1) is 39.1 Å². The van der Waals surface area contributed by atoms with Crippen LogP contribution in [0.5, 0.6) is 5.75 Å². The molecule has 0 aliphatic carbocycles. The fourth-order valence-electron chi connectivity index (χ4n) is 3.70. The van der Waals surface area contributed by atoms with Gasteiger partial charge in [0.2, 0.25) is 0 Å². The van der Waals surface area contributed by atoms with Gasteiger partial charge in [0, 0.05) is 23.3 Å². The highest BCUT2D eigenvalue weighted by Crippen LogP contribution is 2.44. The summed E-state index contributed by atoms with van der Waals surface area (Å²) in [4.78, 5) is 5.45. The van der Waals surface area contributed by atoms with Gasteiger partial charge in [-0.1, -0.05) is 18.2 Å². The molecule has 2 heterocycles. The number of ether oxygens (including phenoxy) is 1. The molecule has 0 spiro atoms. The van der Waals surface area contributed by atoms with Gasteiger partial charge in [-0.3, -0.25) is 0 Å². The lowest BCUT2D eigenvalue weighted by molar-refractivity contribution is 0.416. The average molecular weight is 427 g/mol. The topological polar surface area (TPSA) is 41.6 Å². The number of benzene rings is 2. The zero-order valence-electron chi connectivity index (χ0n) is 17.0. The van der Waals surface area contributed by atoms with Gasteiger partial charge in [0.25, 0.3) is 0 Å². The highest BCUT2D eigenvalue weighted by molar-refractivity contribution is 7.85.